The molecule has 1 unspecified atom stereocenters. The van der Waals surface area contributed by atoms with Gasteiger partial charge in [-0.15, -0.1) is 0 Å². The van der Waals surface area contributed by atoms with E-state index in [-0.39, 0.29) is 6.04 Å². The summed E-state index contributed by atoms with van der Waals surface area (Å²) in [7, 11) is 0. The minimum absolute atomic E-state index is 0.0256. The average molecular weight is 244 g/mol. The summed E-state index contributed by atoms with van der Waals surface area (Å²) in [5.41, 5.74) is 3.47. The van der Waals surface area contributed by atoms with Crippen LogP contribution in [-0.2, 0) is 6.42 Å². The number of amides is 1. The summed E-state index contributed by atoms with van der Waals surface area (Å²) in [5.74, 6) is 0. The molecule has 1 aliphatic heterocycles. The number of rotatable bonds is 1. The zero-order valence-corrected chi connectivity index (χ0v) is 10.3. The fourth-order valence-electron chi connectivity index (χ4n) is 2.99. The molecule has 2 N–H and O–H groups in total. The van der Waals surface area contributed by atoms with Gasteiger partial charge in [0.1, 0.15) is 0 Å². The smallest absolute Gasteiger partial charge is 0.407 e. The Morgan fingerprint density at radius 1 is 1.50 bits per heavy atom. The van der Waals surface area contributed by atoms with E-state index in [0.717, 1.165) is 23.7 Å². The Kier molecular flexibility index (Phi) is 2.51. The van der Waals surface area contributed by atoms with Crippen molar-refractivity contribution < 1.29 is 9.90 Å². The van der Waals surface area contributed by atoms with E-state index in [2.05, 4.69) is 11.1 Å². The zero-order chi connectivity index (χ0) is 12.7. The lowest BCUT2D eigenvalue weighted by Gasteiger charge is -2.33. The topological polar surface area (TPSA) is 56.3 Å². The number of para-hydroxylation sites is 1. The van der Waals surface area contributed by atoms with Gasteiger partial charge in [-0.3, -0.25) is 0 Å². The van der Waals surface area contributed by atoms with Gasteiger partial charge in [0.2, 0.25) is 0 Å². The number of fused-ring (bicyclic) bond motifs is 3. The summed E-state index contributed by atoms with van der Waals surface area (Å²) in [6.07, 6.45) is 0.756. The van der Waals surface area contributed by atoms with E-state index in [1.807, 2.05) is 25.1 Å². The van der Waals surface area contributed by atoms with Crippen molar-refractivity contribution in [2.75, 3.05) is 6.54 Å². The first kappa shape index (κ1) is 11.1. The Morgan fingerprint density at radius 2 is 2.28 bits per heavy atom. The SMILES string of the molecule is CCC1c2c([nH]c3ccccc23)CCN1C(=O)O. The summed E-state index contributed by atoms with van der Waals surface area (Å²) in [5, 5.41) is 10.4. The number of aromatic nitrogens is 1. The molecule has 1 aromatic carbocycles. The molecule has 1 aliphatic rings. The lowest BCUT2D eigenvalue weighted by Crippen LogP contribution is -2.38. The van der Waals surface area contributed by atoms with Crippen molar-refractivity contribution in [3.8, 4) is 0 Å². The normalized spacial score (nSPS) is 18.9. The monoisotopic (exact) mass is 244 g/mol. The van der Waals surface area contributed by atoms with Crippen molar-refractivity contribution in [3.05, 3.63) is 35.5 Å². The first-order chi connectivity index (χ1) is 8.72. The summed E-state index contributed by atoms with van der Waals surface area (Å²) in [6.45, 7) is 2.62. The molecule has 2 heterocycles. The van der Waals surface area contributed by atoms with E-state index in [4.69, 9.17) is 0 Å². The fraction of sp³-hybridized carbons (Fsp3) is 0.357. The van der Waals surface area contributed by atoms with Crippen LogP contribution < -0.4 is 0 Å². The highest BCUT2D eigenvalue weighted by atomic mass is 16.4. The number of nitrogens with one attached hydrogen (secondary N) is 1. The zero-order valence-electron chi connectivity index (χ0n) is 10.3. The lowest BCUT2D eigenvalue weighted by molar-refractivity contribution is 0.119. The molecular weight excluding hydrogens is 228 g/mol. The molecule has 4 heteroatoms. The third-order valence-corrected chi connectivity index (χ3v) is 3.77. The van der Waals surface area contributed by atoms with Crippen LogP contribution >= 0.6 is 0 Å². The largest absolute Gasteiger partial charge is 0.465 e. The molecule has 94 valence electrons. The number of nitrogens with zero attached hydrogens (tertiary/aromatic N) is 1. The maximum absolute atomic E-state index is 11.3. The van der Waals surface area contributed by atoms with E-state index in [1.165, 1.54) is 11.3 Å². The molecule has 1 aromatic heterocycles. The van der Waals surface area contributed by atoms with Crippen LogP contribution in [0.4, 0.5) is 4.79 Å². The number of carboxylic acid groups (broad SMARTS) is 1. The maximum atomic E-state index is 11.3. The number of H-pyrrole nitrogens is 1. The molecule has 3 rings (SSSR count). The minimum atomic E-state index is -0.821. The highest BCUT2D eigenvalue weighted by Gasteiger charge is 2.31. The Bertz CT molecular complexity index is 603. The second-order valence-electron chi connectivity index (χ2n) is 4.71. The van der Waals surface area contributed by atoms with Crippen LogP contribution in [0.25, 0.3) is 10.9 Å². The van der Waals surface area contributed by atoms with Crippen LogP contribution in [0.15, 0.2) is 24.3 Å². The fourth-order valence-corrected chi connectivity index (χ4v) is 2.99. The number of hydrogen-bond donors (Lipinski definition) is 2. The first-order valence-corrected chi connectivity index (χ1v) is 6.31. The molecule has 0 bridgehead atoms. The molecule has 18 heavy (non-hydrogen) atoms. The van der Waals surface area contributed by atoms with Crippen molar-refractivity contribution >= 4 is 17.0 Å². The van der Waals surface area contributed by atoms with Crippen LogP contribution in [0, 0.1) is 0 Å². The molecule has 0 radical (unpaired) electrons. The first-order valence-electron chi connectivity index (χ1n) is 6.31. The molecule has 0 saturated carbocycles. The van der Waals surface area contributed by atoms with Gasteiger partial charge in [-0.2, -0.15) is 0 Å². The van der Waals surface area contributed by atoms with E-state index in [0.29, 0.717) is 6.54 Å². The lowest BCUT2D eigenvalue weighted by atomic mass is 9.94. The van der Waals surface area contributed by atoms with Crippen molar-refractivity contribution in [1.29, 1.82) is 0 Å². The molecule has 4 nitrogen and oxygen atoms in total. The molecule has 1 atom stereocenters. The highest BCUT2D eigenvalue weighted by Crippen LogP contribution is 2.37. The molecule has 0 spiro atoms. The molecule has 0 aliphatic carbocycles. The van der Waals surface area contributed by atoms with Gasteiger partial charge >= 0.3 is 6.09 Å². The molecule has 2 aromatic rings. The van der Waals surface area contributed by atoms with Crippen LogP contribution in [0.5, 0.6) is 0 Å². The van der Waals surface area contributed by atoms with Gasteiger partial charge in [0.05, 0.1) is 6.04 Å². The number of benzene rings is 1. The van der Waals surface area contributed by atoms with Gasteiger partial charge in [-0.25, -0.2) is 4.79 Å². The van der Waals surface area contributed by atoms with Crippen molar-refractivity contribution in [2.24, 2.45) is 0 Å². The van der Waals surface area contributed by atoms with Crippen molar-refractivity contribution in [3.63, 3.8) is 0 Å². The van der Waals surface area contributed by atoms with Gasteiger partial charge in [-0.05, 0) is 12.5 Å². The van der Waals surface area contributed by atoms with E-state index >= 15 is 0 Å². The molecule has 1 amide bonds. The quantitative estimate of drug-likeness (QED) is 0.809. The van der Waals surface area contributed by atoms with Crippen LogP contribution in [0.2, 0.25) is 0 Å². The Labute approximate surface area is 105 Å². The van der Waals surface area contributed by atoms with Gasteiger partial charge in [0.15, 0.2) is 0 Å². The average Bonchev–Trinajstić information content (AvgIpc) is 2.75. The maximum Gasteiger partial charge on any atom is 0.407 e. The molecular formula is C14H16N2O2. The molecule has 0 saturated heterocycles. The predicted molar refractivity (Wildman–Crippen MR) is 69.8 cm³/mol. The third kappa shape index (κ3) is 1.49. The Hall–Kier alpha value is -1.97. The highest BCUT2D eigenvalue weighted by molar-refractivity contribution is 5.86. The van der Waals surface area contributed by atoms with E-state index in [1.54, 1.807) is 4.90 Å². The van der Waals surface area contributed by atoms with Gasteiger partial charge in [-0.1, -0.05) is 25.1 Å². The van der Waals surface area contributed by atoms with Gasteiger partial charge < -0.3 is 15.0 Å². The summed E-state index contributed by atoms with van der Waals surface area (Å²) >= 11 is 0. The second-order valence-corrected chi connectivity index (χ2v) is 4.71. The van der Waals surface area contributed by atoms with Crippen LogP contribution in [0.3, 0.4) is 0 Å². The van der Waals surface area contributed by atoms with Crippen molar-refractivity contribution in [2.45, 2.75) is 25.8 Å². The third-order valence-electron chi connectivity index (χ3n) is 3.77. The number of hydrogen-bond acceptors (Lipinski definition) is 1. The molecule has 0 fully saturated rings. The van der Waals surface area contributed by atoms with Gasteiger partial charge in [0.25, 0.3) is 0 Å². The minimum Gasteiger partial charge on any atom is -0.465 e. The van der Waals surface area contributed by atoms with Crippen LogP contribution in [0.1, 0.15) is 30.6 Å². The summed E-state index contributed by atoms with van der Waals surface area (Å²) in [6, 6.07) is 8.09. The van der Waals surface area contributed by atoms with Crippen LogP contribution in [-0.4, -0.2) is 27.6 Å². The van der Waals surface area contributed by atoms with E-state index < -0.39 is 6.09 Å². The van der Waals surface area contributed by atoms with E-state index in [9.17, 15) is 9.90 Å². The Balaban J connectivity index is 2.19. The number of carbonyl (C=O) groups is 1. The number of aromatic amines is 1. The summed E-state index contributed by atoms with van der Waals surface area (Å²) in [4.78, 5) is 16.3. The second kappa shape index (κ2) is 4.05. The predicted octanol–water partition coefficient (Wildman–Crippen LogP) is 3.16. The van der Waals surface area contributed by atoms with Crippen molar-refractivity contribution in [1.82, 2.24) is 9.88 Å². The van der Waals surface area contributed by atoms with Gasteiger partial charge in [0, 0.05) is 35.1 Å². The Morgan fingerprint density at radius 3 is 3.00 bits per heavy atom. The standard InChI is InChI=1S/C14H16N2O2/c1-2-12-13-9-5-3-4-6-10(9)15-11(13)7-8-16(12)14(17)18/h3-6,12,15H,2,7-8H2,1H3,(H,17,18). The summed E-state index contributed by atoms with van der Waals surface area (Å²) < 4.78 is 0.